The minimum Gasteiger partial charge on any atom is -0.350 e. The molecule has 2 aromatic rings. The Morgan fingerprint density at radius 2 is 2.09 bits per heavy atom. The summed E-state index contributed by atoms with van der Waals surface area (Å²) in [7, 11) is 1.82. The highest BCUT2D eigenvalue weighted by Crippen LogP contribution is 2.29. The summed E-state index contributed by atoms with van der Waals surface area (Å²) in [5.41, 5.74) is 0.420. The van der Waals surface area contributed by atoms with Gasteiger partial charge in [0.25, 0.3) is 5.91 Å². The molecule has 1 aliphatic rings. The van der Waals surface area contributed by atoms with Crippen LogP contribution in [-0.4, -0.2) is 16.0 Å². The van der Waals surface area contributed by atoms with Crippen LogP contribution < -0.4 is 5.32 Å². The molecular weight excluding hydrogens is 281 g/mol. The zero-order valence-electron chi connectivity index (χ0n) is 12.5. The van der Waals surface area contributed by atoms with Crippen LogP contribution in [0.25, 0.3) is 10.9 Å². The first-order valence-corrected chi connectivity index (χ1v) is 7.53. The third kappa shape index (κ3) is 2.45. The topological polar surface area (TPSA) is 57.8 Å². The largest absolute Gasteiger partial charge is 0.350 e. The molecule has 22 heavy (non-hydrogen) atoms. The van der Waals surface area contributed by atoms with Crippen LogP contribution in [0, 0.1) is 17.1 Å². The fraction of sp³-hybridized carbons (Fsp3) is 0.412. The van der Waals surface area contributed by atoms with Gasteiger partial charge in [-0.25, -0.2) is 4.39 Å². The standard InChI is InChI=1S/C17H18FN3O/c1-21-10-14(13-9-12(18)5-6-15(13)21)16(22)20-17(11-19)7-3-2-4-8-17/h5-6,9-10H,2-4,7-8H2,1H3,(H,20,22). The highest BCUT2D eigenvalue weighted by Gasteiger charge is 2.34. The lowest BCUT2D eigenvalue weighted by Crippen LogP contribution is -2.48. The Kier molecular flexibility index (Phi) is 3.61. The zero-order valence-corrected chi connectivity index (χ0v) is 12.5. The summed E-state index contributed by atoms with van der Waals surface area (Å²) < 4.78 is 15.3. The average molecular weight is 299 g/mol. The fourth-order valence-corrected chi connectivity index (χ4v) is 3.25. The normalized spacial score (nSPS) is 17.1. The van der Waals surface area contributed by atoms with E-state index >= 15 is 0 Å². The Hall–Kier alpha value is -2.35. The van der Waals surface area contributed by atoms with Crippen LogP contribution in [0.2, 0.25) is 0 Å². The first kappa shape index (κ1) is 14.6. The van der Waals surface area contributed by atoms with Gasteiger partial charge in [-0.15, -0.1) is 0 Å². The number of carbonyl (C=O) groups excluding carboxylic acids is 1. The number of carbonyl (C=O) groups is 1. The third-order valence-electron chi connectivity index (χ3n) is 4.47. The lowest BCUT2D eigenvalue weighted by molar-refractivity contribution is 0.0904. The van der Waals surface area contributed by atoms with Crippen LogP contribution in [-0.2, 0) is 7.05 Å². The minimum absolute atomic E-state index is 0.306. The van der Waals surface area contributed by atoms with Crippen molar-refractivity contribution in [2.45, 2.75) is 37.6 Å². The molecule has 1 fully saturated rings. The molecule has 114 valence electrons. The maximum atomic E-state index is 13.5. The first-order chi connectivity index (χ1) is 10.5. The van der Waals surface area contributed by atoms with Crippen LogP contribution in [0.15, 0.2) is 24.4 Å². The smallest absolute Gasteiger partial charge is 0.254 e. The second-order valence-electron chi connectivity index (χ2n) is 6.02. The molecule has 0 aliphatic heterocycles. The van der Waals surface area contributed by atoms with Gasteiger partial charge in [0.15, 0.2) is 0 Å². The number of nitriles is 1. The van der Waals surface area contributed by atoms with E-state index in [-0.39, 0.29) is 11.7 Å². The van der Waals surface area contributed by atoms with E-state index in [2.05, 4.69) is 11.4 Å². The number of aromatic nitrogens is 1. The molecule has 0 spiro atoms. The lowest BCUT2D eigenvalue weighted by Gasteiger charge is -2.31. The van der Waals surface area contributed by atoms with E-state index in [9.17, 15) is 14.4 Å². The number of hydrogen-bond donors (Lipinski definition) is 1. The Labute approximate surface area is 128 Å². The quantitative estimate of drug-likeness (QED) is 0.925. The van der Waals surface area contributed by atoms with E-state index in [0.717, 1.165) is 24.8 Å². The number of aryl methyl sites for hydroxylation is 1. The summed E-state index contributed by atoms with van der Waals surface area (Å²) >= 11 is 0. The second-order valence-corrected chi connectivity index (χ2v) is 6.02. The Morgan fingerprint density at radius 1 is 1.36 bits per heavy atom. The molecule has 0 bridgehead atoms. The highest BCUT2D eigenvalue weighted by molar-refractivity contribution is 6.07. The van der Waals surface area contributed by atoms with Gasteiger partial charge in [0.05, 0.1) is 11.6 Å². The second kappa shape index (κ2) is 5.45. The van der Waals surface area contributed by atoms with Gasteiger partial charge in [0.2, 0.25) is 0 Å². The molecule has 0 atom stereocenters. The predicted octanol–water partition coefficient (Wildman–Crippen LogP) is 3.27. The number of nitrogens with zero attached hydrogens (tertiary/aromatic N) is 2. The Bertz CT molecular complexity index is 766. The number of halogens is 1. The lowest BCUT2D eigenvalue weighted by atomic mass is 9.82. The van der Waals surface area contributed by atoms with Gasteiger partial charge < -0.3 is 9.88 Å². The fourth-order valence-electron chi connectivity index (χ4n) is 3.25. The van der Waals surface area contributed by atoms with E-state index in [4.69, 9.17) is 0 Å². The van der Waals surface area contributed by atoms with Crippen molar-refractivity contribution in [2.75, 3.05) is 0 Å². The number of hydrogen-bond acceptors (Lipinski definition) is 2. The molecule has 1 aromatic carbocycles. The first-order valence-electron chi connectivity index (χ1n) is 7.53. The Balaban J connectivity index is 1.95. The molecule has 0 unspecified atom stereocenters. The molecule has 1 heterocycles. The zero-order chi connectivity index (χ0) is 15.7. The summed E-state index contributed by atoms with van der Waals surface area (Å²) in [6.07, 6.45) is 6.02. The van der Waals surface area contributed by atoms with Crippen LogP contribution >= 0.6 is 0 Å². The van der Waals surface area contributed by atoms with Gasteiger partial charge in [0, 0.05) is 24.1 Å². The van der Waals surface area contributed by atoms with E-state index in [1.807, 2.05) is 7.05 Å². The van der Waals surface area contributed by atoms with Crippen molar-refractivity contribution in [3.8, 4) is 6.07 Å². The van der Waals surface area contributed by atoms with Gasteiger partial charge in [0.1, 0.15) is 11.4 Å². The SMILES string of the molecule is Cn1cc(C(=O)NC2(C#N)CCCCC2)c2cc(F)ccc21. The van der Waals surface area contributed by atoms with Gasteiger partial charge in [-0.2, -0.15) is 5.26 Å². The summed E-state index contributed by atoms with van der Waals surface area (Å²) in [6, 6.07) is 6.67. The molecular formula is C17H18FN3O. The summed E-state index contributed by atoms with van der Waals surface area (Å²) in [5, 5.41) is 12.9. The Morgan fingerprint density at radius 3 is 2.77 bits per heavy atom. The van der Waals surface area contributed by atoms with Crippen molar-refractivity contribution in [1.29, 1.82) is 5.26 Å². The third-order valence-corrected chi connectivity index (χ3v) is 4.47. The van der Waals surface area contributed by atoms with E-state index in [1.165, 1.54) is 12.1 Å². The molecule has 1 amide bonds. The summed E-state index contributed by atoms with van der Waals surface area (Å²) in [5.74, 6) is -0.680. The molecule has 0 saturated heterocycles. The van der Waals surface area contributed by atoms with Crippen LogP contribution in [0.1, 0.15) is 42.5 Å². The minimum atomic E-state index is -0.787. The number of fused-ring (bicyclic) bond motifs is 1. The molecule has 4 nitrogen and oxygen atoms in total. The van der Waals surface area contributed by atoms with Gasteiger partial charge in [-0.05, 0) is 31.0 Å². The number of rotatable bonds is 2. The number of benzene rings is 1. The maximum Gasteiger partial charge on any atom is 0.254 e. The number of amides is 1. The predicted molar refractivity (Wildman–Crippen MR) is 81.8 cm³/mol. The molecule has 1 saturated carbocycles. The average Bonchev–Trinajstić information content (AvgIpc) is 2.84. The maximum absolute atomic E-state index is 13.5. The van der Waals surface area contributed by atoms with Crippen molar-refractivity contribution >= 4 is 16.8 Å². The number of nitrogens with one attached hydrogen (secondary N) is 1. The molecule has 1 aliphatic carbocycles. The summed E-state index contributed by atoms with van der Waals surface area (Å²) in [6.45, 7) is 0. The van der Waals surface area contributed by atoms with Crippen LogP contribution in [0.3, 0.4) is 0 Å². The highest BCUT2D eigenvalue weighted by atomic mass is 19.1. The molecule has 5 heteroatoms. The van der Waals surface area contributed by atoms with Crippen molar-refractivity contribution in [3.05, 3.63) is 35.8 Å². The monoisotopic (exact) mass is 299 g/mol. The van der Waals surface area contributed by atoms with Gasteiger partial charge >= 0.3 is 0 Å². The van der Waals surface area contributed by atoms with Crippen molar-refractivity contribution in [3.63, 3.8) is 0 Å². The van der Waals surface area contributed by atoms with Gasteiger partial charge in [-0.3, -0.25) is 4.79 Å². The molecule has 1 N–H and O–H groups in total. The van der Waals surface area contributed by atoms with Gasteiger partial charge in [-0.1, -0.05) is 19.3 Å². The van der Waals surface area contributed by atoms with Crippen LogP contribution in [0.4, 0.5) is 4.39 Å². The molecule has 1 aromatic heterocycles. The summed E-state index contributed by atoms with van der Waals surface area (Å²) in [4.78, 5) is 12.6. The van der Waals surface area contributed by atoms with Crippen LogP contribution in [0.5, 0.6) is 0 Å². The van der Waals surface area contributed by atoms with E-state index in [0.29, 0.717) is 23.8 Å². The molecule has 0 radical (unpaired) electrons. The van der Waals surface area contributed by atoms with Crippen molar-refractivity contribution in [1.82, 2.24) is 9.88 Å². The van der Waals surface area contributed by atoms with E-state index in [1.54, 1.807) is 16.8 Å². The van der Waals surface area contributed by atoms with Crippen molar-refractivity contribution in [2.24, 2.45) is 7.05 Å². The molecule has 3 rings (SSSR count). The van der Waals surface area contributed by atoms with Crippen molar-refractivity contribution < 1.29 is 9.18 Å². The van der Waals surface area contributed by atoms with E-state index < -0.39 is 5.54 Å².